The molecule has 0 saturated carbocycles. The summed E-state index contributed by atoms with van der Waals surface area (Å²) in [6.07, 6.45) is 0. The molecular formula is BF4P. The van der Waals surface area contributed by atoms with Gasteiger partial charge in [0, 0.05) is 0 Å². The summed E-state index contributed by atoms with van der Waals surface area (Å²) in [6, 6.07) is 0. The summed E-state index contributed by atoms with van der Waals surface area (Å²) in [5, 5.41) is 0. The molecule has 0 bridgehead atoms. The fourth-order valence-corrected chi connectivity index (χ4v) is 0. The minimum atomic E-state index is -4.12. The van der Waals surface area contributed by atoms with Crippen molar-refractivity contribution in [2.45, 2.75) is 0 Å². The van der Waals surface area contributed by atoms with Gasteiger partial charge in [-0.3, -0.25) is 0 Å². The zero-order valence-corrected chi connectivity index (χ0v) is 3.43. The highest BCUT2D eigenvalue weighted by molar-refractivity contribution is 7.40. The van der Waals surface area contributed by atoms with E-state index in [4.69, 9.17) is 4.32 Å². The molecule has 0 amide bonds. The van der Waals surface area contributed by atoms with E-state index in [-0.39, 0.29) is 0 Å². The van der Waals surface area contributed by atoms with Crippen LogP contribution >= 0.6 is 8.85 Å². The zero-order chi connectivity index (χ0) is 5.58. The first-order chi connectivity index (χ1) is 2.73. The topological polar surface area (TPSA) is 0 Å². The van der Waals surface area contributed by atoms with Crippen LogP contribution in [0, 0.1) is 0 Å². The second kappa shape index (κ2) is 8.96. The lowest BCUT2D eigenvalue weighted by Crippen LogP contribution is -1.10. The van der Waals surface area contributed by atoms with Gasteiger partial charge in [0.1, 0.15) is 0 Å². The Balaban J connectivity index is 0. The van der Waals surface area contributed by atoms with Crippen molar-refractivity contribution in [2.75, 3.05) is 0 Å². The minimum Gasteiger partial charge on any atom is -0.350 e. The van der Waals surface area contributed by atoms with Crippen LogP contribution in [0.3, 0.4) is 0 Å². The Kier molecular flexibility index (Phi) is 14.2. The third-order valence-electron chi connectivity index (χ3n) is 0. The fraction of sp³-hybridized carbons (Fsp3) is 0. The summed E-state index contributed by atoms with van der Waals surface area (Å²) in [7, 11) is -1.12. The van der Waals surface area contributed by atoms with Crippen molar-refractivity contribution in [3.05, 3.63) is 0 Å². The Labute approximate surface area is 35.1 Å². The SMILES string of the molecule is FP(F)F.[B]F. The molecule has 0 fully saturated rings. The van der Waals surface area contributed by atoms with E-state index in [2.05, 4.69) is 8.12 Å². The van der Waals surface area contributed by atoms with E-state index in [1.54, 1.807) is 0 Å². The molecular weight excluding hydrogens is 118 g/mol. The molecule has 6 heteroatoms. The van der Waals surface area contributed by atoms with E-state index in [0.29, 0.717) is 0 Å². The molecule has 0 heterocycles. The van der Waals surface area contributed by atoms with Crippen LogP contribution in [0.5, 0.6) is 0 Å². The first kappa shape index (κ1) is 9.51. The second-order valence-electron chi connectivity index (χ2n) is 0.192. The monoisotopic (exact) mass is 118 g/mol. The Morgan fingerprint density at radius 2 is 1.00 bits per heavy atom. The summed E-state index contributed by atoms with van der Waals surface area (Å²) in [6.45, 7) is 0. The van der Waals surface area contributed by atoms with Crippen molar-refractivity contribution in [1.82, 2.24) is 0 Å². The van der Waals surface area contributed by atoms with Gasteiger partial charge >= 0.3 is 17.0 Å². The van der Waals surface area contributed by atoms with Gasteiger partial charge in [-0.2, -0.15) is 12.6 Å². The average Bonchev–Trinajstić information content (AvgIpc) is 1.41. The molecule has 36 valence electrons. The summed E-state index contributed by atoms with van der Waals surface area (Å²) >= 11 is 0. The molecule has 0 atom stereocenters. The molecule has 0 aromatic rings. The van der Waals surface area contributed by atoms with Gasteiger partial charge in [0.25, 0.3) is 0 Å². The molecule has 0 rings (SSSR count). The van der Waals surface area contributed by atoms with Crippen molar-refractivity contribution >= 4 is 17.0 Å². The van der Waals surface area contributed by atoms with Gasteiger partial charge in [0.05, 0.1) is 0 Å². The molecule has 0 aliphatic carbocycles. The van der Waals surface area contributed by atoms with Crippen molar-refractivity contribution < 1.29 is 16.9 Å². The smallest absolute Gasteiger partial charge is 0.350 e. The van der Waals surface area contributed by atoms with Crippen molar-refractivity contribution in [1.29, 1.82) is 0 Å². The largest absolute Gasteiger partial charge is 0.456 e. The minimum absolute atomic E-state index is 3.00. The van der Waals surface area contributed by atoms with E-state index in [0.717, 1.165) is 0 Å². The van der Waals surface area contributed by atoms with E-state index in [1.807, 2.05) is 0 Å². The maximum atomic E-state index is 9.73. The maximum Gasteiger partial charge on any atom is 0.456 e. The highest BCUT2D eigenvalue weighted by Gasteiger charge is 1.91. The molecule has 0 spiro atoms. The molecule has 0 aliphatic rings. The summed E-state index contributed by atoms with van der Waals surface area (Å²) in [5.41, 5.74) is 0. The first-order valence-electron chi connectivity index (χ1n) is 0.725. The molecule has 0 nitrogen and oxygen atoms in total. The molecule has 2 radical (unpaired) electrons. The Hall–Kier alpha value is 0.215. The molecule has 0 unspecified atom stereocenters. The number of hydrogen-bond acceptors (Lipinski definition) is 0. The average molecular weight is 118 g/mol. The van der Waals surface area contributed by atoms with E-state index < -0.39 is 8.85 Å². The van der Waals surface area contributed by atoms with E-state index in [9.17, 15) is 12.6 Å². The molecule has 0 aliphatic heterocycles. The summed E-state index contributed by atoms with van der Waals surface area (Å²) < 4.78 is 38.2. The fourth-order valence-electron chi connectivity index (χ4n) is 0. The molecule has 0 saturated heterocycles. The van der Waals surface area contributed by atoms with Crippen LogP contribution in [0.2, 0.25) is 0 Å². The lowest BCUT2D eigenvalue weighted by atomic mass is 10.7. The molecule has 0 aromatic carbocycles. The Morgan fingerprint density at radius 3 is 1.00 bits per heavy atom. The lowest BCUT2D eigenvalue weighted by molar-refractivity contribution is 0.633. The highest BCUT2D eigenvalue weighted by atomic mass is 31.2. The molecule has 0 aromatic heterocycles. The quantitative estimate of drug-likeness (QED) is 0.259. The van der Waals surface area contributed by atoms with Crippen LogP contribution in [0.4, 0.5) is 16.9 Å². The number of halogens is 4. The number of hydrogen-bond donors (Lipinski definition) is 0. The second-order valence-corrected chi connectivity index (χ2v) is 0.575. The first-order valence-corrected chi connectivity index (χ1v) is 1.74. The van der Waals surface area contributed by atoms with Gasteiger partial charge in [-0.05, 0) is 0 Å². The van der Waals surface area contributed by atoms with E-state index in [1.165, 1.54) is 0 Å². The van der Waals surface area contributed by atoms with Gasteiger partial charge < -0.3 is 4.32 Å². The van der Waals surface area contributed by atoms with Crippen LogP contribution in [-0.2, 0) is 0 Å². The van der Waals surface area contributed by atoms with Crippen LogP contribution in [0.25, 0.3) is 0 Å². The predicted octanol–water partition coefficient (Wildman–Crippen LogP) is 2.16. The van der Waals surface area contributed by atoms with Crippen molar-refractivity contribution in [3.8, 4) is 0 Å². The Bertz CT molecular complexity index is 12.3. The maximum absolute atomic E-state index is 9.73. The van der Waals surface area contributed by atoms with Crippen molar-refractivity contribution in [2.24, 2.45) is 0 Å². The lowest BCUT2D eigenvalue weighted by Gasteiger charge is -1.61. The number of rotatable bonds is 0. The third-order valence-corrected chi connectivity index (χ3v) is 0. The Morgan fingerprint density at radius 1 is 1.00 bits per heavy atom. The summed E-state index contributed by atoms with van der Waals surface area (Å²) in [5.74, 6) is 0. The molecule has 0 N–H and O–H groups in total. The van der Waals surface area contributed by atoms with E-state index >= 15 is 0 Å². The van der Waals surface area contributed by atoms with Crippen LogP contribution in [0.15, 0.2) is 0 Å². The van der Waals surface area contributed by atoms with Crippen LogP contribution in [-0.4, -0.2) is 8.12 Å². The van der Waals surface area contributed by atoms with Gasteiger partial charge in [-0.15, -0.1) is 0 Å². The van der Waals surface area contributed by atoms with Gasteiger partial charge in [-0.25, -0.2) is 0 Å². The van der Waals surface area contributed by atoms with Gasteiger partial charge in [-0.1, -0.05) is 0 Å². The van der Waals surface area contributed by atoms with Crippen LogP contribution in [0.1, 0.15) is 0 Å². The van der Waals surface area contributed by atoms with Gasteiger partial charge in [0.15, 0.2) is 0 Å². The normalized spacial score (nSPS) is 6.83. The summed E-state index contributed by atoms with van der Waals surface area (Å²) in [4.78, 5) is 0. The van der Waals surface area contributed by atoms with Crippen LogP contribution < -0.4 is 0 Å². The van der Waals surface area contributed by atoms with Gasteiger partial charge in [0.2, 0.25) is 0 Å². The van der Waals surface area contributed by atoms with Crippen molar-refractivity contribution in [3.63, 3.8) is 0 Å². The zero-order valence-electron chi connectivity index (χ0n) is 2.54. The standard InChI is InChI=1S/BF.F3P/c1-2;1-4(2)3. The highest BCUT2D eigenvalue weighted by Crippen LogP contribution is 2.39. The predicted molar refractivity (Wildman–Crippen MR) is 17.1 cm³/mol. The molecule has 6 heavy (non-hydrogen) atoms. The third kappa shape index (κ3) is 943.